The summed E-state index contributed by atoms with van der Waals surface area (Å²) in [6.45, 7) is 5.90. The average molecular weight is 236 g/mol. The van der Waals surface area contributed by atoms with Crippen LogP contribution in [0.5, 0.6) is 0 Å². The molecule has 0 saturated carbocycles. The minimum atomic E-state index is -1.52. The first-order valence-corrected chi connectivity index (χ1v) is 5.16. The van der Waals surface area contributed by atoms with Crippen molar-refractivity contribution in [3.05, 3.63) is 23.8 Å². The van der Waals surface area contributed by atoms with Gasteiger partial charge in [0.05, 0.1) is 0 Å². The molecule has 1 rings (SSSR count). The van der Waals surface area contributed by atoms with Crippen molar-refractivity contribution in [1.29, 1.82) is 0 Å². The van der Waals surface area contributed by atoms with E-state index >= 15 is 0 Å². The van der Waals surface area contributed by atoms with E-state index in [2.05, 4.69) is 5.32 Å². The summed E-state index contributed by atoms with van der Waals surface area (Å²) in [6, 6.07) is 5.06. The van der Waals surface area contributed by atoms with E-state index in [0.717, 1.165) is 5.56 Å². The number of carbonyl (C=O) groups excluding carboxylic acids is 1. The van der Waals surface area contributed by atoms with Crippen LogP contribution in [-0.2, 0) is 15.0 Å². The molecule has 92 valence electrons. The molecule has 5 heteroatoms. The lowest BCUT2D eigenvalue weighted by Gasteiger charge is -2.23. The highest BCUT2D eigenvalue weighted by Crippen LogP contribution is 2.30. The Kier molecular flexibility index (Phi) is 3.41. The van der Waals surface area contributed by atoms with Crippen LogP contribution in [0.3, 0.4) is 0 Å². The van der Waals surface area contributed by atoms with Crippen molar-refractivity contribution in [2.75, 3.05) is 11.1 Å². The second-order valence-electron chi connectivity index (χ2n) is 4.81. The Morgan fingerprint density at radius 2 is 1.88 bits per heavy atom. The average Bonchev–Trinajstić information content (AvgIpc) is 2.15. The molecule has 0 saturated heterocycles. The summed E-state index contributed by atoms with van der Waals surface area (Å²) in [5.74, 6) is -2.59. The molecule has 1 aromatic rings. The van der Waals surface area contributed by atoms with Gasteiger partial charge in [-0.1, -0.05) is 26.8 Å². The molecule has 5 nitrogen and oxygen atoms in total. The zero-order chi connectivity index (χ0) is 13.2. The number of anilines is 2. The van der Waals surface area contributed by atoms with Crippen molar-refractivity contribution < 1.29 is 14.7 Å². The van der Waals surface area contributed by atoms with Crippen molar-refractivity contribution in [3.63, 3.8) is 0 Å². The molecule has 0 radical (unpaired) electrons. The van der Waals surface area contributed by atoms with E-state index in [1.165, 1.54) is 0 Å². The van der Waals surface area contributed by atoms with Gasteiger partial charge in [-0.25, -0.2) is 4.79 Å². The van der Waals surface area contributed by atoms with Crippen molar-refractivity contribution in [2.45, 2.75) is 26.2 Å². The number of carbonyl (C=O) groups is 2. The molecule has 0 spiro atoms. The third-order valence-electron chi connectivity index (χ3n) is 2.29. The van der Waals surface area contributed by atoms with E-state index in [1.54, 1.807) is 18.2 Å². The van der Waals surface area contributed by atoms with Gasteiger partial charge in [0.25, 0.3) is 0 Å². The molecular weight excluding hydrogens is 220 g/mol. The van der Waals surface area contributed by atoms with Gasteiger partial charge in [0.15, 0.2) is 0 Å². The lowest BCUT2D eigenvalue weighted by Crippen LogP contribution is -2.24. The minimum absolute atomic E-state index is 0.213. The van der Waals surface area contributed by atoms with Crippen LogP contribution in [0.4, 0.5) is 11.4 Å². The number of benzene rings is 1. The van der Waals surface area contributed by atoms with E-state index in [4.69, 9.17) is 10.8 Å². The Bertz CT molecular complexity index is 461. The number of nitrogen functional groups attached to an aromatic ring is 1. The number of amides is 1. The first-order valence-electron chi connectivity index (χ1n) is 5.16. The van der Waals surface area contributed by atoms with Crippen LogP contribution in [0.25, 0.3) is 0 Å². The quantitative estimate of drug-likeness (QED) is 0.510. The van der Waals surface area contributed by atoms with Crippen LogP contribution in [0.2, 0.25) is 0 Å². The zero-order valence-corrected chi connectivity index (χ0v) is 10.1. The monoisotopic (exact) mass is 236 g/mol. The molecular formula is C12H16N2O3. The van der Waals surface area contributed by atoms with Crippen LogP contribution in [0, 0.1) is 0 Å². The van der Waals surface area contributed by atoms with Crippen LogP contribution >= 0.6 is 0 Å². The second-order valence-corrected chi connectivity index (χ2v) is 4.81. The highest BCUT2D eigenvalue weighted by molar-refractivity contribution is 6.36. The summed E-state index contributed by atoms with van der Waals surface area (Å²) >= 11 is 0. The smallest absolute Gasteiger partial charge is 0.394 e. The number of hydrogen-bond donors (Lipinski definition) is 3. The number of aliphatic carboxylic acids is 1. The SMILES string of the molecule is CC(C)(C)c1ccc(N)cc1NC(=O)C(=O)O. The number of nitrogens with two attached hydrogens (primary N) is 1. The fourth-order valence-electron chi connectivity index (χ4n) is 1.50. The maximum absolute atomic E-state index is 11.2. The van der Waals surface area contributed by atoms with E-state index in [9.17, 15) is 9.59 Å². The predicted octanol–water partition coefficient (Wildman–Crippen LogP) is 1.59. The van der Waals surface area contributed by atoms with Gasteiger partial charge < -0.3 is 16.2 Å². The van der Waals surface area contributed by atoms with Crippen LogP contribution in [-0.4, -0.2) is 17.0 Å². The molecule has 17 heavy (non-hydrogen) atoms. The summed E-state index contributed by atoms with van der Waals surface area (Å²) in [5, 5.41) is 10.9. The van der Waals surface area contributed by atoms with Crippen LogP contribution in [0.1, 0.15) is 26.3 Å². The molecule has 0 bridgehead atoms. The van der Waals surface area contributed by atoms with Gasteiger partial charge in [0, 0.05) is 11.4 Å². The number of carboxylic acids is 1. The van der Waals surface area contributed by atoms with E-state index in [1.807, 2.05) is 20.8 Å². The number of nitrogens with one attached hydrogen (secondary N) is 1. The summed E-state index contributed by atoms with van der Waals surface area (Å²) in [7, 11) is 0. The summed E-state index contributed by atoms with van der Waals surface area (Å²) in [5.41, 5.74) is 7.15. The molecule has 0 aliphatic rings. The van der Waals surface area contributed by atoms with Gasteiger partial charge in [0.2, 0.25) is 0 Å². The normalized spacial score (nSPS) is 11.0. The van der Waals surface area contributed by atoms with Gasteiger partial charge in [-0.3, -0.25) is 4.79 Å². The largest absolute Gasteiger partial charge is 0.474 e. The van der Waals surface area contributed by atoms with Crippen molar-refractivity contribution in [3.8, 4) is 0 Å². The third kappa shape index (κ3) is 3.21. The van der Waals surface area contributed by atoms with Gasteiger partial charge in [-0.2, -0.15) is 0 Å². The third-order valence-corrected chi connectivity index (χ3v) is 2.29. The molecule has 0 fully saturated rings. The van der Waals surface area contributed by atoms with Crippen molar-refractivity contribution >= 4 is 23.3 Å². The predicted molar refractivity (Wildman–Crippen MR) is 65.8 cm³/mol. The molecule has 0 aliphatic heterocycles. The lowest BCUT2D eigenvalue weighted by molar-refractivity contribution is -0.147. The number of hydrogen-bond acceptors (Lipinski definition) is 3. The maximum Gasteiger partial charge on any atom is 0.394 e. The Hall–Kier alpha value is -2.04. The standard InChI is InChI=1S/C12H16N2O3/c1-12(2,3)8-5-4-7(13)6-9(8)14-10(15)11(16)17/h4-6H,13H2,1-3H3,(H,14,15)(H,16,17). The summed E-state index contributed by atoms with van der Waals surface area (Å²) in [6.07, 6.45) is 0. The van der Waals surface area contributed by atoms with Crippen molar-refractivity contribution in [2.24, 2.45) is 0 Å². The van der Waals surface area contributed by atoms with E-state index in [0.29, 0.717) is 11.4 Å². The molecule has 0 aromatic heterocycles. The maximum atomic E-state index is 11.2. The Morgan fingerprint density at radius 1 is 1.29 bits per heavy atom. The number of carboxylic acid groups (broad SMARTS) is 1. The van der Waals surface area contributed by atoms with Crippen molar-refractivity contribution in [1.82, 2.24) is 0 Å². The van der Waals surface area contributed by atoms with Gasteiger partial charge in [-0.05, 0) is 23.1 Å². The van der Waals surface area contributed by atoms with E-state index < -0.39 is 11.9 Å². The first kappa shape index (κ1) is 13.0. The Balaban J connectivity index is 3.17. The minimum Gasteiger partial charge on any atom is -0.474 e. The van der Waals surface area contributed by atoms with Gasteiger partial charge >= 0.3 is 11.9 Å². The molecule has 1 aromatic carbocycles. The first-order chi connectivity index (χ1) is 7.71. The topological polar surface area (TPSA) is 92.4 Å². The molecule has 4 N–H and O–H groups in total. The van der Waals surface area contributed by atoms with Crippen LogP contribution < -0.4 is 11.1 Å². The zero-order valence-electron chi connectivity index (χ0n) is 10.1. The van der Waals surface area contributed by atoms with Gasteiger partial charge in [0.1, 0.15) is 0 Å². The Morgan fingerprint density at radius 3 is 2.35 bits per heavy atom. The molecule has 0 aliphatic carbocycles. The Labute approximate surface area is 99.6 Å². The molecule has 0 heterocycles. The van der Waals surface area contributed by atoms with Crippen LogP contribution in [0.15, 0.2) is 18.2 Å². The second kappa shape index (κ2) is 4.45. The molecule has 0 unspecified atom stereocenters. The van der Waals surface area contributed by atoms with Gasteiger partial charge in [-0.15, -0.1) is 0 Å². The lowest BCUT2D eigenvalue weighted by atomic mass is 9.85. The highest BCUT2D eigenvalue weighted by Gasteiger charge is 2.21. The highest BCUT2D eigenvalue weighted by atomic mass is 16.4. The molecule has 1 amide bonds. The fraction of sp³-hybridized carbons (Fsp3) is 0.333. The summed E-state index contributed by atoms with van der Waals surface area (Å²) in [4.78, 5) is 21.7. The number of rotatable bonds is 1. The summed E-state index contributed by atoms with van der Waals surface area (Å²) < 4.78 is 0. The fourth-order valence-corrected chi connectivity index (χ4v) is 1.50. The van der Waals surface area contributed by atoms with E-state index in [-0.39, 0.29) is 5.41 Å². The molecule has 0 atom stereocenters.